The molecule has 0 aliphatic rings. The number of fused-ring (bicyclic) bond motifs is 1. The molecule has 0 fully saturated rings. The second-order valence-corrected chi connectivity index (χ2v) is 7.67. The maximum Gasteiger partial charge on any atom is 0.326 e. The third-order valence-corrected chi connectivity index (χ3v) is 4.94. The van der Waals surface area contributed by atoms with E-state index >= 15 is 0 Å². The van der Waals surface area contributed by atoms with Gasteiger partial charge in [-0.05, 0) is 37.1 Å². The molecular formula is C22H26N8O5. The van der Waals surface area contributed by atoms with Crippen molar-refractivity contribution in [1.82, 2.24) is 30.6 Å². The number of amides is 2. The zero-order valence-electron chi connectivity index (χ0n) is 19.0. The monoisotopic (exact) mass is 482 g/mol. The van der Waals surface area contributed by atoms with E-state index in [9.17, 15) is 24.3 Å². The van der Waals surface area contributed by atoms with Crippen LogP contribution < -0.4 is 27.2 Å². The number of hydrogen-bond donors (Lipinski definition) is 6. The van der Waals surface area contributed by atoms with Crippen LogP contribution in [0.5, 0.6) is 0 Å². The first-order chi connectivity index (χ1) is 16.8. The highest BCUT2D eigenvalue weighted by molar-refractivity contribution is 5.97. The lowest BCUT2D eigenvalue weighted by molar-refractivity contribution is -0.139. The molecule has 1 atom stereocenters. The number of nitrogen functional groups attached to an aromatic ring is 1. The number of carbonyl (C=O) groups is 3. The molecule has 1 aromatic carbocycles. The van der Waals surface area contributed by atoms with E-state index in [1.165, 1.54) is 18.3 Å². The number of H-pyrrole nitrogens is 1. The first kappa shape index (κ1) is 25.1. The Kier molecular flexibility index (Phi) is 8.27. The Labute approximate surface area is 199 Å². The van der Waals surface area contributed by atoms with E-state index in [1.807, 2.05) is 6.92 Å². The fraction of sp³-hybridized carbons (Fsp3) is 0.318. The van der Waals surface area contributed by atoms with E-state index in [0.29, 0.717) is 17.9 Å². The van der Waals surface area contributed by atoms with Crippen LogP contribution in [0, 0.1) is 0 Å². The molecule has 2 heterocycles. The average molecular weight is 483 g/mol. The van der Waals surface area contributed by atoms with Crippen LogP contribution in [0.4, 0.5) is 11.6 Å². The summed E-state index contributed by atoms with van der Waals surface area (Å²) in [7, 11) is 0. The van der Waals surface area contributed by atoms with Gasteiger partial charge in [-0.3, -0.25) is 19.4 Å². The van der Waals surface area contributed by atoms with E-state index in [0.717, 1.165) is 6.42 Å². The van der Waals surface area contributed by atoms with Gasteiger partial charge in [0.05, 0.1) is 18.4 Å². The fourth-order valence-electron chi connectivity index (χ4n) is 3.12. The molecule has 0 unspecified atom stereocenters. The van der Waals surface area contributed by atoms with Crippen molar-refractivity contribution in [1.29, 1.82) is 0 Å². The van der Waals surface area contributed by atoms with E-state index in [1.54, 1.807) is 12.1 Å². The van der Waals surface area contributed by atoms with Gasteiger partial charge in [0.1, 0.15) is 6.04 Å². The van der Waals surface area contributed by atoms with Gasteiger partial charge in [0.15, 0.2) is 11.2 Å². The molecule has 0 saturated carbocycles. The van der Waals surface area contributed by atoms with Crippen molar-refractivity contribution in [3.8, 4) is 0 Å². The number of nitrogens with two attached hydrogens (primary N) is 1. The van der Waals surface area contributed by atoms with Crippen LogP contribution in [0.15, 0.2) is 35.3 Å². The first-order valence-electron chi connectivity index (χ1n) is 10.9. The third-order valence-electron chi connectivity index (χ3n) is 4.94. The second-order valence-electron chi connectivity index (χ2n) is 7.67. The maximum absolute atomic E-state index is 12.5. The molecule has 3 rings (SSSR count). The van der Waals surface area contributed by atoms with Gasteiger partial charge in [0.25, 0.3) is 11.5 Å². The highest BCUT2D eigenvalue weighted by atomic mass is 16.4. The van der Waals surface area contributed by atoms with E-state index < -0.39 is 23.5 Å². The fourth-order valence-corrected chi connectivity index (χ4v) is 3.12. The molecule has 184 valence electrons. The number of carboxylic acid groups (broad SMARTS) is 1. The molecule has 0 spiro atoms. The number of anilines is 2. The van der Waals surface area contributed by atoms with E-state index in [-0.39, 0.29) is 48.0 Å². The predicted molar refractivity (Wildman–Crippen MR) is 128 cm³/mol. The third kappa shape index (κ3) is 6.96. The van der Waals surface area contributed by atoms with Crippen LogP contribution in [0.1, 0.15) is 42.2 Å². The quantitative estimate of drug-likeness (QED) is 0.222. The predicted octanol–water partition coefficient (Wildman–Crippen LogP) is 0.397. The number of rotatable bonds is 11. The molecule has 0 saturated heterocycles. The van der Waals surface area contributed by atoms with Crippen molar-refractivity contribution in [3.05, 3.63) is 52.1 Å². The Balaban J connectivity index is 1.57. The number of carboxylic acids is 1. The van der Waals surface area contributed by atoms with Crippen LogP contribution >= 0.6 is 0 Å². The molecule has 0 bridgehead atoms. The molecule has 13 nitrogen and oxygen atoms in total. The Bertz CT molecular complexity index is 1280. The van der Waals surface area contributed by atoms with Gasteiger partial charge in [-0.2, -0.15) is 4.98 Å². The zero-order chi connectivity index (χ0) is 25.4. The number of aromatic amines is 1. The molecule has 35 heavy (non-hydrogen) atoms. The van der Waals surface area contributed by atoms with E-state index in [2.05, 4.69) is 35.9 Å². The summed E-state index contributed by atoms with van der Waals surface area (Å²) in [6, 6.07) is 5.17. The summed E-state index contributed by atoms with van der Waals surface area (Å²) in [5.74, 6) is -2.08. The first-order valence-corrected chi connectivity index (χ1v) is 10.9. The number of aromatic nitrogens is 4. The summed E-state index contributed by atoms with van der Waals surface area (Å²) < 4.78 is 0. The molecule has 3 aromatic rings. The lowest BCUT2D eigenvalue weighted by Crippen LogP contribution is -2.41. The molecular weight excluding hydrogens is 456 g/mol. The van der Waals surface area contributed by atoms with Gasteiger partial charge in [0, 0.05) is 24.2 Å². The topological polar surface area (TPSA) is 205 Å². The Hall–Kier alpha value is -4.55. The summed E-state index contributed by atoms with van der Waals surface area (Å²) in [6.45, 7) is 2.68. The highest BCUT2D eigenvalue weighted by Crippen LogP contribution is 2.12. The second kappa shape index (κ2) is 11.5. The minimum Gasteiger partial charge on any atom is -0.480 e. The van der Waals surface area contributed by atoms with Crippen LogP contribution in [-0.4, -0.2) is 55.4 Å². The van der Waals surface area contributed by atoms with Crippen molar-refractivity contribution in [2.24, 2.45) is 0 Å². The molecule has 2 amide bonds. The summed E-state index contributed by atoms with van der Waals surface area (Å²) >= 11 is 0. The lowest BCUT2D eigenvalue weighted by atomic mass is 10.1. The van der Waals surface area contributed by atoms with Gasteiger partial charge < -0.3 is 26.8 Å². The number of nitrogens with zero attached hydrogens (tertiary/aromatic N) is 3. The zero-order valence-corrected chi connectivity index (χ0v) is 19.0. The molecule has 2 aromatic heterocycles. The number of aliphatic carboxylic acids is 1. The molecule has 0 aliphatic carbocycles. The molecule has 13 heteroatoms. The van der Waals surface area contributed by atoms with Gasteiger partial charge >= 0.3 is 5.97 Å². The summed E-state index contributed by atoms with van der Waals surface area (Å²) in [6.07, 6.45) is 2.22. The van der Waals surface area contributed by atoms with Gasteiger partial charge in [0.2, 0.25) is 11.9 Å². The highest BCUT2D eigenvalue weighted by Gasteiger charge is 2.21. The Morgan fingerprint density at radius 1 is 1.17 bits per heavy atom. The minimum atomic E-state index is -1.21. The SMILES string of the molecule is CCCNC(=O)CC[C@H](NC(=O)c1ccc(NCc2cnc3nc(N)[nH]c(=O)c3n2)cc1)C(=O)O. The maximum atomic E-state index is 12.5. The largest absolute Gasteiger partial charge is 0.480 e. The average Bonchev–Trinajstić information content (AvgIpc) is 2.84. The Morgan fingerprint density at radius 2 is 1.91 bits per heavy atom. The van der Waals surface area contributed by atoms with Gasteiger partial charge in [-0.1, -0.05) is 6.92 Å². The summed E-state index contributed by atoms with van der Waals surface area (Å²) in [5.41, 5.74) is 6.64. The lowest BCUT2D eigenvalue weighted by Gasteiger charge is -2.15. The Morgan fingerprint density at radius 3 is 2.60 bits per heavy atom. The number of carbonyl (C=O) groups excluding carboxylic acids is 2. The number of benzene rings is 1. The van der Waals surface area contributed by atoms with Crippen molar-refractivity contribution in [2.45, 2.75) is 38.8 Å². The normalized spacial score (nSPS) is 11.6. The van der Waals surface area contributed by atoms with Crippen LogP contribution in [0.25, 0.3) is 11.2 Å². The van der Waals surface area contributed by atoms with Crippen molar-refractivity contribution >= 4 is 40.6 Å². The molecule has 0 aliphatic heterocycles. The van der Waals surface area contributed by atoms with Crippen molar-refractivity contribution in [2.75, 3.05) is 17.6 Å². The molecule has 7 N–H and O–H groups in total. The number of nitrogens with one attached hydrogen (secondary N) is 4. The summed E-state index contributed by atoms with van der Waals surface area (Å²) in [4.78, 5) is 62.3. The van der Waals surface area contributed by atoms with Crippen molar-refractivity contribution in [3.63, 3.8) is 0 Å². The van der Waals surface area contributed by atoms with Gasteiger partial charge in [-0.25, -0.2) is 14.8 Å². The smallest absolute Gasteiger partial charge is 0.326 e. The standard InChI is InChI=1S/C22H26N8O5/c1-2-9-24-16(31)8-7-15(21(34)35)28-19(32)12-3-5-13(6-4-12)25-10-14-11-26-18-17(27-14)20(33)30-22(23)29-18/h3-6,11,15,25H,2,7-10H2,1H3,(H,24,31)(H,28,32)(H,34,35)(H3,23,26,29,30,33)/t15-/m0/s1. The van der Waals surface area contributed by atoms with Crippen LogP contribution in [-0.2, 0) is 16.1 Å². The number of hydrogen-bond acceptors (Lipinski definition) is 9. The van der Waals surface area contributed by atoms with E-state index in [4.69, 9.17) is 5.73 Å². The van der Waals surface area contributed by atoms with Crippen LogP contribution in [0.2, 0.25) is 0 Å². The summed E-state index contributed by atoms with van der Waals surface area (Å²) in [5, 5.41) is 17.6. The van der Waals surface area contributed by atoms with Crippen molar-refractivity contribution < 1.29 is 19.5 Å². The minimum absolute atomic E-state index is 0.00686. The molecule has 0 radical (unpaired) electrons. The van der Waals surface area contributed by atoms with Crippen LogP contribution in [0.3, 0.4) is 0 Å². The van der Waals surface area contributed by atoms with Gasteiger partial charge in [-0.15, -0.1) is 0 Å².